The Labute approximate surface area is 133 Å². The first-order chi connectivity index (χ1) is 10.7. The molecule has 1 aliphatic heterocycles. The molecule has 3 rings (SSSR count). The molecule has 0 aliphatic carbocycles. The molecule has 0 spiro atoms. The van der Waals surface area contributed by atoms with E-state index in [1.54, 1.807) is 4.90 Å². The first kappa shape index (κ1) is 14.8. The number of rotatable bonds is 4. The quantitative estimate of drug-likeness (QED) is 0.943. The monoisotopic (exact) mass is 314 g/mol. The zero-order valence-corrected chi connectivity index (χ0v) is 13.2. The molecule has 2 amide bonds. The lowest BCUT2D eigenvalue weighted by Gasteiger charge is -2.38. The molecule has 5 heteroatoms. The maximum atomic E-state index is 12.3. The molecule has 0 atom stereocenters. The summed E-state index contributed by atoms with van der Waals surface area (Å²) in [5, 5.41) is 4.87. The maximum Gasteiger partial charge on any atom is 0.263 e. The Balaban J connectivity index is 1.56. The van der Waals surface area contributed by atoms with Crippen LogP contribution in [0.2, 0.25) is 0 Å². The van der Waals surface area contributed by atoms with E-state index in [-0.39, 0.29) is 17.7 Å². The zero-order valence-electron chi connectivity index (χ0n) is 12.4. The van der Waals surface area contributed by atoms with Gasteiger partial charge >= 0.3 is 0 Å². The van der Waals surface area contributed by atoms with Gasteiger partial charge in [-0.1, -0.05) is 31.2 Å². The van der Waals surface area contributed by atoms with Crippen LogP contribution in [-0.2, 0) is 11.2 Å². The molecular weight excluding hydrogens is 296 g/mol. The molecule has 2 aromatic rings. The molecule has 0 unspecified atom stereocenters. The van der Waals surface area contributed by atoms with E-state index >= 15 is 0 Å². The number of hydrogen-bond acceptors (Lipinski definition) is 3. The van der Waals surface area contributed by atoms with Crippen LogP contribution >= 0.6 is 11.3 Å². The first-order valence-electron chi connectivity index (χ1n) is 7.40. The molecule has 0 bridgehead atoms. The largest absolute Gasteiger partial charge is 0.336 e. The predicted molar refractivity (Wildman–Crippen MR) is 88.2 cm³/mol. The number of amides is 2. The topological polar surface area (TPSA) is 49.4 Å². The van der Waals surface area contributed by atoms with Gasteiger partial charge in [-0.2, -0.15) is 0 Å². The van der Waals surface area contributed by atoms with Crippen LogP contribution < -0.4 is 5.32 Å². The molecule has 0 saturated carbocycles. The van der Waals surface area contributed by atoms with E-state index in [0.717, 1.165) is 22.5 Å². The SMILES string of the molecule is CCc1ccccc1NC(=O)C1CN(C(=O)c2cccs2)C1. The lowest BCUT2D eigenvalue weighted by molar-refractivity contribution is -0.123. The highest BCUT2D eigenvalue weighted by atomic mass is 32.1. The van der Waals surface area contributed by atoms with Crippen LogP contribution in [0.1, 0.15) is 22.2 Å². The Bertz CT molecular complexity index is 676. The summed E-state index contributed by atoms with van der Waals surface area (Å²) in [6.45, 7) is 3.06. The van der Waals surface area contributed by atoms with Crippen LogP contribution in [-0.4, -0.2) is 29.8 Å². The van der Waals surface area contributed by atoms with Gasteiger partial charge in [0.05, 0.1) is 10.8 Å². The van der Waals surface area contributed by atoms with Crippen molar-refractivity contribution in [3.8, 4) is 0 Å². The number of nitrogens with one attached hydrogen (secondary N) is 1. The Morgan fingerprint density at radius 3 is 2.68 bits per heavy atom. The maximum absolute atomic E-state index is 12.3. The molecule has 1 aromatic heterocycles. The number of anilines is 1. The van der Waals surface area contributed by atoms with Gasteiger partial charge in [-0.15, -0.1) is 11.3 Å². The average molecular weight is 314 g/mol. The van der Waals surface area contributed by atoms with E-state index in [1.807, 2.05) is 41.8 Å². The number of hydrogen-bond donors (Lipinski definition) is 1. The summed E-state index contributed by atoms with van der Waals surface area (Å²) in [5.74, 6) is -0.0991. The summed E-state index contributed by atoms with van der Waals surface area (Å²) >= 11 is 1.43. The van der Waals surface area contributed by atoms with Crippen molar-refractivity contribution in [1.82, 2.24) is 4.90 Å². The Hall–Kier alpha value is -2.14. The van der Waals surface area contributed by atoms with E-state index in [0.29, 0.717) is 13.1 Å². The van der Waals surface area contributed by atoms with Crippen molar-refractivity contribution in [1.29, 1.82) is 0 Å². The number of para-hydroxylation sites is 1. The fourth-order valence-electron chi connectivity index (χ4n) is 2.55. The van der Waals surface area contributed by atoms with Crippen LogP contribution in [0.5, 0.6) is 0 Å². The lowest BCUT2D eigenvalue weighted by Crippen LogP contribution is -2.54. The lowest BCUT2D eigenvalue weighted by atomic mass is 9.98. The fourth-order valence-corrected chi connectivity index (χ4v) is 3.24. The Morgan fingerprint density at radius 1 is 1.23 bits per heavy atom. The predicted octanol–water partition coefficient (Wildman–Crippen LogP) is 3.02. The minimum atomic E-state index is -0.117. The number of nitrogens with zero attached hydrogens (tertiary/aromatic N) is 1. The number of benzene rings is 1. The van der Waals surface area contributed by atoms with Crippen molar-refractivity contribution in [3.63, 3.8) is 0 Å². The molecule has 1 saturated heterocycles. The van der Waals surface area contributed by atoms with Crippen LogP contribution in [0, 0.1) is 5.92 Å². The van der Waals surface area contributed by atoms with Crippen molar-refractivity contribution in [2.45, 2.75) is 13.3 Å². The molecule has 0 radical (unpaired) electrons. The third-order valence-corrected chi connectivity index (χ3v) is 4.79. The molecule has 1 aromatic carbocycles. The summed E-state index contributed by atoms with van der Waals surface area (Å²) in [5.41, 5.74) is 2.00. The van der Waals surface area contributed by atoms with Gasteiger partial charge in [-0.05, 0) is 29.5 Å². The van der Waals surface area contributed by atoms with Crippen LogP contribution in [0.3, 0.4) is 0 Å². The van der Waals surface area contributed by atoms with E-state index < -0.39 is 0 Å². The second kappa shape index (κ2) is 6.32. The fraction of sp³-hybridized carbons (Fsp3) is 0.294. The van der Waals surface area contributed by atoms with Crippen molar-refractivity contribution in [2.75, 3.05) is 18.4 Å². The van der Waals surface area contributed by atoms with Crippen LogP contribution in [0.4, 0.5) is 5.69 Å². The molecule has 2 heterocycles. The van der Waals surface area contributed by atoms with E-state index in [1.165, 1.54) is 11.3 Å². The third kappa shape index (κ3) is 2.90. The molecular formula is C17H18N2O2S. The van der Waals surface area contributed by atoms with Gasteiger partial charge in [-0.25, -0.2) is 0 Å². The van der Waals surface area contributed by atoms with Crippen molar-refractivity contribution < 1.29 is 9.59 Å². The van der Waals surface area contributed by atoms with Gasteiger partial charge in [0.15, 0.2) is 0 Å². The highest BCUT2D eigenvalue weighted by Crippen LogP contribution is 2.23. The third-order valence-electron chi connectivity index (χ3n) is 3.93. The molecule has 1 fully saturated rings. The highest BCUT2D eigenvalue weighted by Gasteiger charge is 2.36. The van der Waals surface area contributed by atoms with Gasteiger partial charge < -0.3 is 10.2 Å². The number of carbonyl (C=O) groups excluding carboxylic acids is 2. The molecule has 114 valence electrons. The van der Waals surface area contributed by atoms with Crippen LogP contribution in [0.15, 0.2) is 41.8 Å². The van der Waals surface area contributed by atoms with E-state index in [4.69, 9.17) is 0 Å². The summed E-state index contributed by atoms with van der Waals surface area (Å²) in [6, 6.07) is 11.5. The van der Waals surface area contributed by atoms with Gasteiger partial charge in [0.25, 0.3) is 5.91 Å². The van der Waals surface area contributed by atoms with E-state index in [2.05, 4.69) is 12.2 Å². The Morgan fingerprint density at radius 2 is 2.00 bits per heavy atom. The molecule has 1 N–H and O–H groups in total. The number of thiophene rings is 1. The number of likely N-dealkylation sites (tertiary alicyclic amines) is 1. The highest BCUT2D eigenvalue weighted by molar-refractivity contribution is 7.12. The minimum absolute atomic E-state index is 0.00358. The minimum Gasteiger partial charge on any atom is -0.336 e. The van der Waals surface area contributed by atoms with Crippen molar-refractivity contribution >= 4 is 28.8 Å². The van der Waals surface area contributed by atoms with Gasteiger partial charge in [-0.3, -0.25) is 9.59 Å². The second-order valence-corrected chi connectivity index (χ2v) is 6.33. The van der Waals surface area contributed by atoms with Gasteiger partial charge in [0.1, 0.15) is 0 Å². The molecule has 4 nitrogen and oxygen atoms in total. The Kier molecular flexibility index (Phi) is 4.24. The summed E-state index contributed by atoms with van der Waals surface area (Å²) < 4.78 is 0. The summed E-state index contributed by atoms with van der Waals surface area (Å²) in [4.78, 5) is 26.8. The zero-order chi connectivity index (χ0) is 15.5. The van der Waals surface area contributed by atoms with Crippen LogP contribution in [0.25, 0.3) is 0 Å². The normalized spacial score (nSPS) is 14.5. The first-order valence-corrected chi connectivity index (χ1v) is 8.28. The standard InChI is InChI=1S/C17H18N2O2S/c1-2-12-6-3-4-7-14(12)18-16(20)13-10-19(11-13)17(21)15-8-5-9-22-15/h3-9,13H,2,10-11H2,1H3,(H,18,20). The van der Waals surface area contributed by atoms with Crippen molar-refractivity contribution in [3.05, 3.63) is 52.2 Å². The van der Waals surface area contributed by atoms with E-state index in [9.17, 15) is 9.59 Å². The van der Waals surface area contributed by atoms with Gasteiger partial charge in [0, 0.05) is 18.8 Å². The van der Waals surface area contributed by atoms with Gasteiger partial charge in [0.2, 0.25) is 5.91 Å². The molecule has 1 aliphatic rings. The summed E-state index contributed by atoms with van der Waals surface area (Å²) in [7, 11) is 0. The number of carbonyl (C=O) groups is 2. The average Bonchev–Trinajstić information content (AvgIpc) is 3.00. The summed E-state index contributed by atoms with van der Waals surface area (Å²) in [6.07, 6.45) is 0.879. The van der Waals surface area contributed by atoms with Crippen molar-refractivity contribution in [2.24, 2.45) is 5.92 Å². The number of aryl methyl sites for hydroxylation is 1. The second-order valence-electron chi connectivity index (χ2n) is 5.38. The smallest absolute Gasteiger partial charge is 0.263 e. The molecule has 22 heavy (non-hydrogen) atoms.